The van der Waals surface area contributed by atoms with Crippen LogP contribution < -0.4 is 16.0 Å². The second-order valence-corrected chi connectivity index (χ2v) is 7.04. The lowest BCUT2D eigenvalue weighted by atomic mass is 9.92. The Kier molecular flexibility index (Phi) is 4.67. The van der Waals surface area contributed by atoms with Crippen molar-refractivity contribution in [1.29, 1.82) is 0 Å². The van der Waals surface area contributed by atoms with Gasteiger partial charge in [0.05, 0.1) is 0 Å². The van der Waals surface area contributed by atoms with Gasteiger partial charge in [-0.05, 0) is 29.9 Å². The van der Waals surface area contributed by atoms with Crippen molar-refractivity contribution in [1.82, 2.24) is 20.9 Å². The van der Waals surface area contributed by atoms with E-state index in [0.717, 1.165) is 16.0 Å². The molecule has 1 aliphatic carbocycles. The maximum Gasteiger partial charge on any atom is 0.325 e. The first-order valence-electron chi connectivity index (χ1n) is 8.63. The molecule has 0 aromatic heterocycles. The number of hydrogen-bond donors (Lipinski definition) is 3. The van der Waals surface area contributed by atoms with E-state index in [-0.39, 0.29) is 5.92 Å². The van der Waals surface area contributed by atoms with Crippen molar-refractivity contribution in [2.24, 2.45) is 5.92 Å². The summed E-state index contributed by atoms with van der Waals surface area (Å²) in [6.07, 6.45) is 1.14. The monoisotopic (exact) mass is 358 g/mol. The smallest absolute Gasteiger partial charge is 0.325 e. The zero-order valence-corrected chi connectivity index (χ0v) is 14.8. The van der Waals surface area contributed by atoms with E-state index in [1.54, 1.807) is 0 Å². The van der Waals surface area contributed by atoms with Gasteiger partial charge in [-0.15, -0.1) is 0 Å². The molecule has 1 fully saturated rings. The molecule has 1 aromatic rings. The lowest BCUT2D eigenvalue weighted by Gasteiger charge is -2.22. The van der Waals surface area contributed by atoms with Crippen LogP contribution in [0.1, 0.15) is 31.4 Å². The van der Waals surface area contributed by atoms with E-state index in [2.05, 4.69) is 16.0 Å². The van der Waals surface area contributed by atoms with E-state index in [4.69, 9.17) is 0 Å². The average Bonchev–Trinajstić information content (AvgIpc) is 3.07. The van der Waals surface area contributed by atoms with E-state index >= 15 is 0 Å². The molecule has 8 heteroatoms. The summed E-state index contributed by atoms with van der Waals surface area (Å²) in [5.41, 5.74) is 0.685. The van der Waals surface area contributed by atoms with Crippen LogP contribution in [0.3, 0.4) is 0 Å². The maximum absolute atomic E-state index is 12.9. The molecule has 1 unspecified atom stereocenters. The van der Waals surface area contributed by atoms with Crippen LogP contribution in [0.2, 0.25) is 0 Å². The fourth-order valence-electron chi connectivity index (χ4n) is 3.38. The number of fused-ring (bicyclic) bond motifs is 2. The summed E-state index contributed by atoms with van der Waals surface area (Å²) in [6, 6.07) is 6.20. The van der Waals surface area contributed by atoms with Crippen molar-refractivity contribution < 1.29 is 19.2 Å². The highest BCUT2D eigenvalue weighted by atomic mass is 16.2. The molecule has 3 rings (SSSR count). The Morgan fingerprint density at radius 1 is 1.27 bits per heavy atom. The van der Waals surface area contributed by atoms with E-state index in [0.29, 0.717) is 19.4 Å². The highest BCUT2D eigenvalue weighted by Gasteiger charge is 2.55. The Morgan fingerprint density at radius 3 is 2.73 bits per heavy atom. The molecule has 1 aromatic carbocycles. The normalized spacial score (nSPS) is 21.1. The third kappa shape index (κ3) is 3.14. The van der Waals surface area contributed by atoms with Crippen LogP contribution in [-0.2, 0) is 21.5 Å². The molecule has 0 radical (unpaired) electrons. The number of carbonyl (C=O) groups excluding carboxylic acids is 4. The third-order valence-corrected chi connectivity index (χ3v) is 4.65. The van der Waals surface area contributed by atoms with Gasteiger partial charge in [-0.2, -0.15) is 0 Å². The fraction of sp³-hybridized carbons (Fsp3) is 0.444. The standard InChI is InChI=1S/C18H22N4O4/c1-11(2)9-19-16(25)20-14(23)10-22-15(24)18(21-17(22)26)8-7-12-5-3-4-6-13(12)18/h3-6,11H,7-10H2,1-2H3,(H,21,26)(H2,19,20,23,25). The van der Waals surface area contributed by atoms with Gasteiger partial charge in [0.1, 0.15) is 12.1 Å². The molecule has 138 valence electrons. The minimum atomic E-state index is -1.10. The Bertz CT molecular complexity index is 776. The van der Waals surface area contributed by atoms with Crippen LogP contribution >= 0.6 is 0 Å². The Balaban J connectivity index is 1.67. The predicted octanol–water partition coefficient (Wildman–Crippen LogP) is 0.862. The van der Waals surface area contributed by atoms with Gasteiger partial charge >= 0.3 is 12.1 Å². The van der Waals surface area contributed by atoms with Crippen LogP contribution in [0.15, 0.2) is 24.3 Å². The third-order valence-electron chi connectivity index (χ3n) is 4.65. The minimum absolute atomic E-state index is 0.240. The molecule has 1 heterocycles. The summed E-state index contributed by atoms with van der Waals surface area (Å²) in [5.74, 6) is -0.924. The van der Waals surface area contributed by atoms with Gasteiger partial charge in [0.15, 0.2) is 0 Å². The lowest BCUT2D eigenvalue weighted by Crippen LogP contribution is -2.47. The van der Waals surface area contributed by atoms with Gasteiger partial charge < -0.3 is 10.6 Å². The van der Waals surface area contributed by atoms with Crippen molar-refractivity contribution in [3.63, 3.8) is 0 Å². The molecule has 26 heavy (non-hydrogen) atoms. The second kappa shape index (κ2) is 6.78. The number of imide groups is 2. The maximum atomic E-state index is 12.9. The number of nitrogens with zero attached hydrogens (tertiary/aromatic N) is 1. The van der Waals surface area contributed by atoms with Crippen LogP contribution in [0.25, 0.3) is 0 Å². The van der Waals surface area contributed by atoms with Crippen LogP contribution in [0.4, 0.5) is 9.59 Å². The van der Waals surface area contributed by atoms with Gasteiger partial charge in [0.2, 0.25) is 5.91 Å². The summed E-state index contributed by atoms with van der Waals surface area (Å²) in [4.78, 5) is 49.8. The van der Waals surface area contributed by atoms with Crippen LogP contribution in [0, 0.1) is 5.92 Å². The van der Waals surface area contributed by atoms with Gasteiger partial charge in [0, 0.05) is 6.54 Å². The molecule has 1 atom stereocenters. The summed E-state index contributed by atoms with van der Waals surface area (Å²) in [5, 5.41) is 7.43. The molecule has 8 nitrogen and oxygen atoms in total. The molecule has 3 N–H and O–H groups in total. The second-order valence-electron chi connectivity index (χ2n) is 7.04. The molecule has 1 aliphatic heterocycles. The van der Waals surface area contributed by atoms with Gasteiger partial charge in [-0.1, -0.05) is 38.1 Å². The van der Waals surface area contributed by atoms with E-state index < -0.39 is 36.0 Å². The summed E-state index contributed by atoms with van der Waals surface area (Å²) in [6.45, 7) is 3.77. The highest BCUT2D eigenvalue weighted by Crippen LogP contribution is 2.41. The van der Waals surface area contributed by atoms with Gasteiger partial charge in [-0.25, -0.2) is 9.59 Å². The number of benzene rings is 1. The Labute approximate surface area is 151 Å². The Morgan fingerprint density at radius 2 is 2.00 bits per heavy atom. The van der Waals surface area contributed by atoms with Gasteiger partial charge in [0.25, 0.3) is 5.91 Å². The van der Waals surface area contributed by atoms with E-state index in [9.17, 15) is 19.2 Å². The number of amides is 6. The first-order valence-corrected chi connectivity index (χ1v) is 8.63. The molecule has 1 spiro atoms. The highest BCUT2D eigenvalue weighted by molar-refractivity contribution is 6.10. The topological polar surface area (TPSA) is 108 Å². The first kappa shape index (κ1) is 17.9. The quantitative estimate of drug-likeness (QED) is 0.694. The number of hydrogen-bond acceptors (Lipinski definition) is 4. The fourth-order valence-corrected chi connectivity index (χ4v) is 3.38. The van der Waals surface area contributed by atoms with E-state index in [1.807, 2.05) is 38.1 Å². The zero-order chi connectivity index (χ0) is 18.9. The lowest BCUT2D eigenvalue weighted by molar-refractivity contribution is -0.135. The minimum Gasteiger partial charge on any atom is -0.338 e. The Hall–Kier alpha value is -2.90. The van der Waals surface area contributed by atoms with Crippen molar-refractivity contribution in [2.45, 2.75) is 32.2 Å². The van der Waals surface area contributed by atoms with Crippen LogP contribution in [-0.4, -0.2) is 41.9 Å². The number of aryl methyl sites for hydroxylation is 1. The molecular formula is C18H22N4O4. The summed E-state index contributed by atoms with van der Waals surface area (Å²) in [7, 11) is 0. The van der Waals surface area contributed by atoms with Crippen molar-refractivity contribution in [3.8, 4) is 0 Å². The molecule has 2 aliphatic rings. The average molecular weight is 358 g/mol. The SMILES string of the molecule is CC(C)CNC(=O)NC(=O)CN1C(=O)NC2(CCc3ccccc32)C1=O. The predicted molar refractivity (Wildman–Crippen MR) is 93.1 cm³/mol. The molecule has 6 amide bonds. The number of nitrogens with one attached hydrogen (secondary N) is 3. The van der Waals surface area contributed by atoms with E-state index in [1.165, 1.54) is 0 Å². The number of urea groups is 2. The molecular weight excluding hydrogens is 336 g/mol. The molecule has 0 bridgehead atoms. The molecule has 0 saturated carbocycles. The largest absolute Gasteiger partial charge is 0.338 e. The zero-order valence-electron chi connectivity index (χ0n) is 14.8. The molecule has 1 saturated heterocycles. The van der Waals surface area contributed by atoms with Crippen LogP contribution in [0.5, 0.6) is 0 Å². The first-order chi connectivity index (χ1) is 12.3. The van der Waals surface area contributed by atoms with Crippen molar-refractivity contribution >= 4 is 23.9 Å². The summed E-state index contributed by atoms with van der Waals surface area (Å²) < 4.78 is 0. The summed E-state index contributed by atoms with van der Waals surface area (Å²) >= 11 is 0. The van der Waals surface area contributed by atoms with Gasteiger partial charge in [-0.3, -0.25) is 19.8 Å². The van der Waals surface area contributed by atoms with Crippen molar-refractivity contribution in [2.75, 3.05) is 13.1 Å². The van der Waals surface area contributed by atoms with Crippen molar-refractivity contribution in [3.05, 3.63) is 35.4 Å². The number of rotatable bonds is 4. The number of carbonyl (C=O) groups is 4.